The molecule has 3 rings (SSSR count). The summed E-state index contributed by atoms with van der Waals surface area (Å²) in [6.45, 7) is 6.96. The molecule has 0 aromatic heterocycles. The van der Waals surface area contributed by atoms with Gasteiger partial charge in [0.25, 0.3) is 0 Å². The molecule has 0 unspecified atom stereocenters. The minimum atomic E-state index is -3.96. The van der Waals surface area contributed by atoms with Gasteiger partial charge in [0.2, 0.25) is 21.8 Å². The standard InChI is InChI=1S/C23H29N3O5S/c1-14(2)22(23(28)24-18-6-8-19(31-5)9-7-18)25-32(29,30)20-10-11-21-17(13-20)12-15(3)26(21)16(4)27/h6-11,13-15,22,25H,12H2,1-5H3,(H,24,28)/t15-,22-/m0/s1. The number of benzene rings is 2. The van der Waals surface area contributed by atoms with E-state index in [1.54, 1.807) is 62.3 Å². The van der Waals surface area contributed by atoms with Gasteiger partial charge in [-0.25, -0.2) is 8.42 Å². The summed E-state index contributed by atoms with van der Waals surface area (Å²) in [5.41, 5.74) is 2.05. The number of carbonyl (C=O) groups is 2. The Morgan fingerprint density at radius 1 is 1.12 bits per heavy atom. The van der Waals surface area contributed by atoms with E-state index >= 15 is 0 Å². The van der Waals surface area contributed by atoms with Crippen molar-refractivity contribution in [1.82, 2.24) is 4.72 Å². The molecule has 2 atom stereocenters. The van der Waals surface area contributed by atoms with Crippen LogP contribution in [-0.2, 0) is 26.0 Å². The van der Waals surface area contributed by atoms with Crippen LogP contribution < -0.4 is 19.7 Å². The molecule has 1 aliphatic heterocycles. The first-order valence-electron chi connectivity index (χ1n) is 10.4. The highest BCUT2D eigenvalue weighted by Gasteiger charge is 2.32. The summed E-state index contributed by atoms with van der Waals surface area (Å²) in [7, 11) is -2.41. The van der Waals surface area contributed by atoms with Gasteiger partial charge in [-0.2, -0.15) is 4.72 Å². The maximum atomic E-state index is 13.1. The van der Waals surface area contributed by atoms with E-state index in [4.69, 9.17) is 4.74 Å². The van der Waals surface area contributed by atoms with Crippen molar-refractivity contribution in [2.45, 2.75) is 51.1 Å². The van der Waals surface area contributed by atoms with Gasteiger partial charge in [0.15, 0.2) is 0 Å². The summed E-state index contributed by atoms with van der Waals surface area (Å²) in [4.78, 5) is 26.5. The van der Waals surface area contributed by atoms with Crippen LogP contribution in [0.5, 0.6) is 5.75 Å². The Bertz CT molecular complexity index is 1110. The molecule has 2 aromatic rings. The van der Waals surface area contributed by atoms with Gasteiger partial charge < -0.3 is 15.0 Å². The minimum Gasteiger partial charge on any atom is -0.497 e. The van der Waals surface area contributed by atoms with Crippen molar-refractivity contribution in [3.8, 4) is 5.75 Å². The SMILES string of the molecule is COc1ccc(NC(=O)[C@@H](NS(=O)(=O)c2ccc3c(c2)C[C@H](C)N3C(C)=O)C(C)C)cc1. The van der Waals surface area contributed by atoms with E-state index in [2.05, 4.69) is 10.0 Å². The molecule has 1 heterocycles. The predicted molar refractivity (Wildman–Crippen MR) is 123 cm³/mol. The highest BCUT2D eigenvalue weighted by atomic mass is 32.2. The van der Waals surface area contributed by atoms with Gasteiger partial charge >= 0.3 is 0 Å². The maximum absolute atomic E-state index is 13.1. The fourth-order valence-corrected chi connectivity index (χ4v) is 5.27. The molecule has 0 radical (unpaired) electrons. The number of nitrogens with zero attached hydrogens (tertiary/aromatic N) is 1. The van der Waals surface area contributed by atoms with Gasteiger partial charge in [-0.15, -0.1) is 0 Å². The molecule has 0 spiro atoms. The summed E-state index contributed by atoms with van der Waals surface area (Å²) < 4.78 is 33.8. The number of rotatable bonds is 7. The van der Waals surface area contributed by atoms with E-state index in [0.29, 0.717) is 17.9 Å². The molecule has 0 fully saturated rings. The average Bonchev–Trinajstić information content (AvgIpc) is 3.07. The van der Waals surface area contributed by atoms with Gasteiger partial charge in [0.1, 0.15) is 11.8 Å². The lowest BCUT2D eigenvalue weighted by atomic mass is 10.0. The molecule has 0 saturated carbocycles. The third-order valence-electron chi connectivity index (χ3n) is 5.50. The number of ether oxygens (including phenoxy) is 1. The van der Waals surface area contributed by atoms with Gasteiger partial charge in [-0.05, 0) is 67.3 Å². The van der Waals surface area contributed by atoms with E-state index in [0.717, 1.165) is 11.3 Å². The van der Waals surface area contributed by atoms with Crippen molar-refractivity contribution < 1.29 is 22.7 Å². The Morgan fingerprint density at radius 3 is 2.34 bits per heavy atom. The van der Waals surface area contributed by atoms with E-state index in [1.165, 1.54) is 13.0 Å². The molecule has 2 N–H and O–H groups in total. The van der Waals surface area contributed by atoms with E-state index in [9.17, 15) is 18.0 Å². The Kier molecular flexibility index (Phi) is 6.90. The largest absolute Gasteiger partial charge is 0.497 e. The van der Waals surface area contributed by atoms with Crippen LogP contribution in [0.1, 0.15) is 33.3 Å². The topological polar surface area (TPSA) is 105 Å². The number of hydrogen-bond acceptors (Lipinski definition) is 5. The number of carbonyl (C=O) groups excluding carboxylic acids is 2. The molecule has 32 heavy (non-hydrogen) atoms. The molecule has 0 saturated heterocycles. The first-order valence-corrected chi connectivity index (χ1v) is 11.9. The van der Waals surface area contributed by atoms with Crippen LogP contribution >= 0.6 is 0 Å². The molecule has 172 valence electrons. The molecule has 0 bridgehead atoms. The zero-order valence-electron chi connectivity index (χ0n) is 18.9. The second kappa shape index (κ2) is 9.30. The number of nitrogens with one attached hydrogen (secondary N) is 2. The fraction of sp³-hybridized carbons (Fsp3) is 0.391. The lowest BCUT2D eigenvalue weighted by Crippen LogP contribution is -2.47. The average molecular weight is 460 g/mol. The number of hydrogen-bond donors (Lipinski definition) is 2. The first kappa shape index (κ1) is 23.7. The Labute approximate surface area is 189 Å². The number of amides is 2. The molecular weight excluding hydrogens is 430 g/mol. The molecular formula is C23H29N3O5S. The van der Waals surface area contributed by atoms with Gasteiger partial charge in [-0.3, -0.25) is 9.59 Å². The third kappa shape index (κ3) is 4.94. The van der Waals surface area contributed by atoms with Crippen LogP contribution in [0.15, 0.2) is 47.4 Å². The lowest BCUT2D eigenvalue weighted by Gasteiger charge is -2.22. The first-order chi connectivity index (χ1) is 15.0. The van der Waals surface area contributed by atoms with Crippen molar-refractivity contribution in [2.24, 2.45) is 5.92 Å². The fourth-order valence-electron chi connectivity index (χ4n) is 3.88. The predicted octanol–water partition coefficient (Wildman–Crippen LogP) is 2.93. The molecule has 8 nitrogen and oxygen atoms in total. The minimum absolute atomic E-state index is 0.0351. The van der Waals surface area contributed by atoms with Gasteiger partial charge in [0, 0.05) is 24.3 Å². The number of anilines is 2. The van der Waals surface area contributed by atoms with Crippen molar-refractivity contribution >= 4 is 33.2 Å². The van der Waals surface area contributed by atoms with E-state index < -0.39 is 22.0 Å². The van der Waals surface area contributed by atoms with Crippen LogP contribution in [0.4, 0.5) is 11.4 Å². The second-order valence-corrected chi connectivity index (χ2v) is 10.0. The van der Waals surface area contributed by atoms with Crippen molar-refractivity contribution in [3.63, 3.8) is 0 Å². The highest BCUT2D eigenvalue weighted by molar-refractivity contribution is 7.89. The summed E-state index contributed by atoms with van der Waals surface area (Å²) in [5, 5.41) is 2.75. The number of sulfonamides is 1. The van der Waals surface area contributed by atoms with Gasteiger partial charge in [0.05, 0.1) is 12.0 Å². The van der Waals surface area contributed by atoms with Crippen LogP contribution in [0.2, 0.25) is 0 Å². The summed E-state index contributed by atoms with van der Waals surface area (Å²) in [6, 6.07) is 10.5. The van der Waals surface area contributed by atoms with Gasteiger partial charge in [-0.1, -0.05) is 13.8 Å². The molecule has 2 aromatic carbocycles. The monoisotopic (exact) mass is 459 g/mol. The second-order valence-electron chi connectivity index (χ2n) is 8.29. The Balaban J connectivity index is 1.80. The Morgan fingerprint density at radius 2 is 1.78 bits per heavy atom. The van der Waals surface area contributed by atoms with Crippen molar-refractivity contribution in [3.05, 3.63) is 48.0 Å². The number of fused-ring (bicyclic) bond motifs is 1. The van der Waals surface area contributed by atoms with Crippen LogP contribution in [0.3, 0.4) is 0 Å². The summed E-state index contributed by atoms with van der Waals surface area (Å²) in [5.74, 6) is -0.171. The van der Waals surface area contributed by atoms with Crippen LogP contribution in [0.25, 0.3) is 0 Å². The van der Waals surface area contributed by atoms with Crippen LogP contribution in [-0.4, -0.2) is 39.4 Å². The van der Waals surface area contributed by atoms with Crippen molar-refractivity contribution in [2.75, 3.05) is 17.3 Å². The zero-order valence-corrected chi connectivity index (χ0v) is 19.7. The van der Waals surface area contributed by atoms with E-state index in [-0.39, 0.29) is 22.8 Å². The van der Waals surface area contributed by atoms with E-state index in [1.807, 2.05) is 6.92 Å². The normalized spacial score (nSPS) is 16.6. The molecule has 1 aliphatic rings. The maximum Gasteiger partial charge on any atom is 0.242 e. The highest BCUT2D eigenvalue weighted by Crippen LogP contribution is 2.34. The lowest BCUT2D eigenvalue weighted by molar-refractivity contribution is -0.118. The Hall–Kier alpha value is -2.91. The van der Waals surface area contributed by atoms with Crippen molar-refractivity contribution in [1.29, 1.82) is 0 Å². The molecule has 0 aliphatic carbocycles. The summed E-state index contributed by atoms with van der Waals surface area (Å²) >= 11 is 0. The molecule has 2 amide bonds. The molecule has 9 heteroatoms. The third-order valence-corrected chi connectivity index (χ3v) is 6.94. The smallest absolute Gasteiger partial charge is 0.242 e. The number of methoxy groups -OCH3 is 1. The van der Waals surface area contributed by atoms with Crippen LogP contribution in [0, 0.1) is 5.92 Å². The zero-order chi connectivity index (χ0) is 23.6. The quantitative estimate of drug-likeness (QED) is 0.662. The summed E-state index contributed by atoms with van der Waals surface area (Å²) in [6.07, 6.45) is 0.573.